The van der Waals surface area contributed by atoms with Gasteiger partial charge in [-0.15, -0.1) is 0 Å². The first-order chi connectivity index (χ1) is 27.4. The lowest BCUT2D eigenvalue weighted by Crippen LogP contribution is -2.49. The molecule has 4 atom stereocenters. The van der Waals surface area contributed by atoms with Crippen LogP contribution in [-0.4, -0.2) is 101 Å². The Balaban J connectivity index is 0.969. The maximum absolute atomic E-state index is 14.4. The van der Waals surface area contributed by atoms with Crippen molar-refractivity contribution in [3.05, 3.63) is 60.2 Å². The minimum atomic E-state index is -4.80. The first kappa shape index (κ1) is 37.9. The Morgan fingerprint density at radius 1 is 0.772 bits per heavy atom. The van der Waals surface area contributed by atoms with Crippen molar-refractivity contribution in [3.8, 4) is 33.9 Å². The summed E-state index contributed by atoms with van der Waals surface area (Å²) in [6, 6.07) is 3.58. The van der Waals surface area contributed by atoms with Crippen molar-refractivity contribution in [1.82, 2.24) is 50.3 Å². The molecule has 4 aliphatic rings. The van der Waals surface area contributed by atoms with Gasteiger partial charge in [0.1, 0.15) is 23.7 Å². The van der Waals surface area contributed by atoms with Gasteiger partial charge in [-0.1, -0.05) is 24.3 Å². The molecule has 19 heteroatoms. The van der Waals surface area contributed by atoms with E-state index in [-0.39, 0.29) is 47.4 Å². The molecule has 57 heavy (non-hydrogen) atoms. The third-order valence-electron chi connectivity index (χ3n) is 11.1. The summed E-state index contributed by atoms with van der Waals surface area (Å²) >= 11 is 0. The lowest BCUT2D eigenvalue weighted by molar-refractivity contribution is -0.140. The van der Waals surface area contributed by atoms with Crippen LogP contribution in [0.5, 0.6) is 0 Å². The van der Waals surface area contributed by atoms with Crippen molar-refractivity contribution >= 4 is 24.0 Å². The number of aromatic amines is 2. The fourth-order valence-electron chi connectivity index (χ4n) is 7.95. The molecule has 300 valence electrons. The monoisotopic (exact) mass is 790 g/mol. The van der Waals surface area contributed by atoms with E-state index in [2.05, 4.69) is 40.5 Å². The molecule has 2 aliphatic carbocycles. The van der Waals surface area contributed by atoms with Gasteiger partial charge in [-0.05, 0) is 63.2 Å². The van der Waals surface area contributed by atoms with E-state index in [0.29, 0.717) is 67.1 Å². The van der Waals surface area contributed by atoms with Gasteiger partial charge in [0.25, 0.3) is 0 Å². The Hall–Kier alpha value is -6.01. The molecular weight excluding hydrogens is 749 g/mol. The number of hydrogen-bond donors (Lipinski definition) is 5. The molecule has 4 amide bonds. The predicted molar refractivity (Wildman–Crippen MR) is 195 cm³/mol. The number of nitrogens with one attached hydrogen (secondary N) is 4. The smallest absolute Gasteiger partial charge is 0.435 e. The Morgan fingerprint density at radius 3 is 1.88 bits per heavy atom. The van der Waals surface area contributed by atoms with Crippen LogP contribution in [0.3, 0.4) is 0 Å². The van der Waals surface area contributed by atoms with Crippen molar-refractivity contribution in [3.63, 3.8) is 0 Å². The SMILES string of the molecule is COC(=O)N[C@H](C(=O)N1CCC[C@H]1c1ncc(-c2cnc(-c3ccc(-c4[nH]c([C@@H]5CCCN5C(=O)[C@@H](NC(=O)O)C5CC5)nc4C(F)(F)F)cc3)nc2)[nH]1)C1CC1. The zero-order valence-corrected chi connectivity index (χ0v) is 30.9. The molecule has 2 aliphatic heterocycles. The quantitative estimate of drug-likeness (QED) is 0.130. The number of alkyl halides is 3. The van der Waals surface area contributed by atoms with Gasteiger partial charge in [0, 0.05) is 42.2 Å². The normalized spacial score (nSPS) is 20.6. The molecule has 0 bridgehead atoms. The molecule has 4 aromatic rings. The summed E-state index contributed by atoms with van der Waals surface area (Å²) in [6.07, 6.45) is 3.58. The highest BCUT2D eigenvalue weighted by Gasteiger charge is 2.46. The van der Waals surface area contributed by atoms with Gasteiger partial charge in [0.05, 0.1) is 36.8 Å². The Labute approximate surface area is 324 Å². The summed E-state index contributed by atoms with van der Waals surface area (Å²) in [4.78, 5) is 77.1. The first-order valence-electron chi connectivity index (χ1n) is 19.0. The van der Waals surface area contributed by atoms with Crippen LogP contribution >= 0.6 is 0 Å². The molecule has 2 saturated heterocycles. The largest absolute Gasteiger partial charge is 0.465 e. The molecule has 0 unspecified atom stereocenters. The highest BCUT2D eigenvalue weighted by Crippen LogP contribution is 2.42. The van der Waals surface area contributed by atoms with Crippen LogP contribution < -0.4 is 10.6 Å². The lowest BCUT2D eigenvalue weighted by atomic mass is 10.1. The number of imidazole rings is 2. The van der Waals surface area contributed by atoms with Crippen molar-refractivity contribution < 1.29 is 42.2 Å². The Morgan fingerprint density at radius 2 is 1.33 bits per heavy atom. The van der Waals surface area contributed by atoms with E-state index < -0.39 is 48.1 Å². The fourth-order valence-corrected chi connectivity index (χ4v) is 7.95. The average Bonchev–Trinajstić information content (AvgIpc) is 3.94. The van der Waals surface area contributed by atoms with E-state index in [0.717, 1.165) is 19.3 Å². The van der Waals surface area contributed by atoms with Crippen LogP contribution in [0.25, 0.3) is 33.9 Å². The number of amides is 4. The number of carboxylic acid groups (broad SMARTS) is 1. The standard InChI is InChI=1S/C38H41F3N10O6/c1-57-37(56)48-29(21-8-9-21)35(53)50-14-2-4-25(50)32-44-18-24(45-32)23-16-42-31(43-17-23)22-12-10-19(11-13-22)27-30(38(39,40)41)49-33(46-27)26-5-3-15-51(26)34(52)28(20-6-7-20)47-36(54)55/h10-13,16-18,20-21,25-26,28-29,47H,2-9,14-15H2,1H3,(H,44,45)(H,46,49)(H,48,56)(H,54,55)/t25-,26-,28-,29-/m0/s1. The van der Waals surface area contributed by atoms with Crippen LogP contribution in [0.2, 0.25) is 0 Å². The zero-order chi connectivity index (χ0) is 40.0. The second-order valence-electron chi connectivity index (χ2n) is 15.0. The zero-order valence-electron chi connectivity index (χ0n) is 30.9. The first-order valence-corrected chi connectivity index (χ1v) is 19.0. The third kappa shape index (κ3) is 7.86. The number of H-pyrrole nitrogens is 2. The molecule has 8 rings (SSSR count). The summed E-state index contributed by atoms with van der Waals surface area (Å²) in [5.41, 5.74) is 0.680. The minimum Gasteiger partial charge on any atom is -0.465 e. The van der Waals surface area contributed by atoms with E-state index in [4.69, 9.17) is 4.74 Å². The maximum Gasteiger partial charge on any atom is 0.435 e. The van der Waals surface area contributed by atoms with Gasteiger partial charge < -0.3 is 40.2 Å². The van der Waals surface area contributed by atoms with E-state index >= 15 is 0 Å². The van der Waals surface area contributed by atoms with Gasteiger partial charge in [0.15, 0.2) is 11.5 Å². The Bertz CT molecular complexity index is 2150. The lowest BCUT2D eigenvalue weighted by Gasteiger charge is -2.28. The number of carbonyl (C=O) groups is 4. The molecule has 2 saturated carbocycles. The summed E-state index contributed by atoms with van der Waals surface area (Å²) in [5, 5.41) is 14.3. The summed E-state index contributed by atoms with van der Waals surface area (Å²) in [7, 11) is 1.27. The van der Waals surface area contributed by atoms with Gasteiger partial charge >= 0.3 is 18.4 Å². The van der Waals surface area contributed by atoms with E-state index in [1.54, 1.807) is 35.6 Å². The summed E-state index contributed by atoms with van der Waals surface area (Å²) < 4.78 is 47.8. The number of rotatable bonds is 11. The van der Waals surface area contributed by atoms with Gasteiger partial charge in [-0.3, -0.25) is 9.59 Å². The third-order valence-corrected chi connectivity index (χ3v) is 11.1. The van der Waals surface area contributed by atoms with Crippen molar-refractivity contribution in [2.24, 2.45) is 11.8 Å². The molecule has 1 aromatic carbocycles. The second kappa shape index (κ2) is 15.2. The number of methoxy groups -OCH3 is 1. The molecule has 4 fully saturated rings. The van der Waals surface area contributed by atoms with Crippen molar-refractivity contribution in [2.75, 3.05) is 20.2 Å². The molecular formula is C38H41F3N10O6. The molecule has 3 aromatic heterocycles. The molecule has 0 radical (unpaired) electrons. The average molecular weight is 791 g/mol. The van der Waals surface area contributed by atoms with Crippen LogP contribution in [0, 0.1) is 11.8 Å². The Kier molecular flexibility index (Phi) is 10.1. The van der Waals surface area contributed by atoms with Crippen LogP contribution in [0.15, 0.2) is 42.9 Å². The summed E-state index contributed by atoms with van der Waals surface area (Å²) in [5.74, 6) is 0.251. The minimum absolute atomic E-state index is 0.0109. The molecule has 5 heterocycles. The maximum atomic E-state index is 14.4. The number of likely N-dealkylation sites (tertiary alicyclic amines) is 2. The molecule has 5 N–H and O–H groups in total. The second-order valence-corrected chi connectivity index (χ2v) is 15.0. The number of hydrogen-bond acceptors (Lipinski definition) is 9. The van der Waals surface area contributed by atoms with Gasteiger partial charge in [0.2, 0.25) is 11.8 Å². The van der Waals surface area contributed by atoms with E-state index in [9.17, 15) is 37.5 Å². The molecule has 0 spiro atoms. The highest BCUT2D eigenvalue weighted by atomic mass is 19.4. The topological polar surface area (TPSA) is 211 Å². The number of carbonyl (C=O) groups excluding carboxylic acids is 3. The molecule has 16 nitrogen and oxygen atoms in total. The van der Waals surface area contributed by atoms with Crippen LogP contribution in [0.4, 0.5) is 22.8 Å². The van der Waals surface area contributed by atoms with Crippen molar-refractivity contribution in [2.45, 2.75) is 81.7 Å². The number of ether oxygens (including phenoxy) is 1. The van der Waals surface area contributed by atoms with Crippen LogP contribution in [-0.2, 0) is 20.5 Å². The van der Waals surface area contributed by atoms with Gasteiger partial charge in [-0.2, -0.15) is 13.2 Å². The predicted octanol–water partition coefficient (Wildman–Crippen LogP) is 5.45. The van der Waals surface area contributed by atoms with Crippen LogP contribution in [0.1, 0.15) is 80.8 Å². The van der Waals surface area contributed by atoms with E-state index in [1.807, 2.05) is 0 Å². The van der Waals surface area contributed by atoms with E-state index in [1.165, 1.54) is 24.1 Å². The number of nitrogens with zero attached hydrogens (tertiary/aromatic N) is 6. The number of alkyl carbamates (subject to hydrolysis) is 1. The summed E-state index contributed by atoms with van der Waals surface area (Å²) in [6.45, 7) is 0.815. The highest BCUT2D eigenvalue weighted by molar-refractivity contribution is 5.87. The fraction of sp³-hybridized carbons (Fsp3) is 0.474. The number of halogens is 3. The van der Waals surface area contributed by atoms with Crippen molar-refractivity contribution in [1.29, 1.82) is 0 Å². The van der Waals surface area contributed by atoms with Gasteiger partial charge in [-0.25, -0.2) is 29.5 Å². The number of benzene rings is 1. The number of aromatic nitrogens is 6.